The van der Waals surface area contributed by atoms with E-state index < -0.39 is 0 Å². The molecule has 1 aromatic heterocycles. The van der Waals surface area contributed by atoms with Crippen molar-refractivity contribution in [2.24, 2.45) is 0 Å². The van der Waals surface area contributed by atoms with Crippen LogP contribution in [0.25, 0.3) is 0 Å². The van der Waals surface area contributed by atoms with E-state index >= 15 is 0 Å². The molecule has 0 aliphatic carbocycles. The van der Waals surface area contributed by atoms with Gasteiger partial charge < -0.3 is 16.0 Å². The Morgan fingerprint density at radius 1 is 1.08 bits per heavy atom. The van der Waals surface area contributed by atoms with Gasteiger partial charge in [0, 0.05) is 31.0 Å². The molecule has 1 aromatic carbocycles. The van der Waals surface area contributed by atoms with Crippen molar-refractivity contribution in [1.29, 1.82) is 0 Å². The van der Waals surface area contributed by atoms with E-state index in [1.54, 1.807) is 42.6 Å². The molecule has 1 heterocycles. The molecule has 0 unspecified atom stereocenters. The van der Waals surface area contributed by atoms with Gasteiger partial charge in [-0.1, -0.05) is 19.4 Å². The lowest BCUT2D eigenvalue weighted by Crippen LogP contribution is -2.13. The lowest BCUT2D eigenvalue weighted by molar-refractivity contribution is -0.114. The molecule has 0 radical (unpaired) electrons. The number of benzene rings is 1. The third kappa shape index (κ3) is 5.39. The largest absolute Gasteiger partial charge is 0.370 e. The number of carbonyl (C=O) groups excluding carboxylic acids is 2. The summed E-state index contributed by atoms with van der Waals surface area (Å²) in [5, 5.41) is 8.68. The summed E-state index contributed by atoms with van der Waals surface area (Å²) < 4.78 is 0. The molecule has 0 aliphatic heterocycles. The van der Waals surface area contributed by atoms with Crippen LogP contribution in [-0.4, -0.2) is 23.3 Å². The minimum Gasteiger partial charge on any atom is -0.370 e. The second-order valence-electron chi connectivity index (χ2n) is 5.43. The fourth-order valence-electron chi connectivity index (χ4n) is 2.11. The molecule has 0 atom stereocenters. The van der Waals surface area contributed by atoms with Crippen molar-refractivity contribution in [2.45, 2.75) is 26.7 Å². The first-order valence-electron chi connectivity index (χ1n) is 7.97. The summed E-state index contributed by atoms with van der Waals surface area (Å²) in [7, 11) is 0. The van der Waals surface area contributed by atoms with Crippen molar-refractivity contribution in [3.63, 3.8) is 0 Å². The van der Waals surface area contributed by atoms with Gasteiger partial charge in [-0.2, -0.15) is 0 Å². The van der Waals surface area contributed by atoms with Crippen LogP contribution in [0.1, 0.15) is 37.0 Å². The van der Waals surface area contributed by atoms with Gasteiger partial charge in [0.15, 0.2) is 0 Å². The number of hydrogen-bond acceptors (Lipinski definition) is 4. The summed E-state index contributed by atoms with van der Waals surface area (Å²) in [5.41, 5.74) is 1.71. The molecule has 2 rings (SSSR count). The molecule has 24 heavy (non-hydrogen) atoms. The average Bonchev–Trinajstić information content (AvgIpc) is 2.55. The maximum absolute atomic E-state index is 12.3. The van der Waals surface area contributed by atoms with Crippen molar-refractivity contribution in [1.82, 2.24) is 4.98 Å². The van der Waals surface area contributed by atoms with Crippen molar-refractivity contribution < 1.29 is 9.59 Å². The number of anilines is 3. The quantitative estimate of drug-likeness (QED) is 0.680. The Kier molecular flexibility index (Phi) is 6.31. The van der Waals surface area contributed by atoms with Crippen LogP contribution in [0.4, 0.5) is 17.2 Å². The third-order valence-electron chi connectivity index (χ3n) is 3.30. The zero-order valence-corrected chi connectivity index (χ0v) is 13.9. The van der Waals surface area contributed by atoms with Crippen LogP contribution in [0, 0.1) is 0 Å². The van der Waals surface area contributed by atoms with E-state index in [0.717, 1.165) is 25.2 Å². The molecule has 3 N–H and O–H groups in total. The summed E-state index contributed by atoms with van der Waals surface area (Å²) in [4.78, 5) is 27.6. The molecule has 0 saturated carbocycles. The summed E-state index contributed by atoms with van der Waals surface area (Å²) >= 11 is 0. The van der Waals surface area contributed by atoms with Crippen LogP contribution >= 0.6 is 0 Å². The molecule has 2 amide bonds. The highest BCUT2D eigenvalue weighted by atomic mass is 16.2. The fraction of sp³-hybridized carbons (Fsp3) is 0.278. The molecule has 0 saturated heterocycles. The van der Waals surface area contributed by atoms with Crippen LogP contribution in [0.2, 0.25) is 0 Å². The van der Waals surface area contributed by atoms with Crippen LogP contribution < -0.4 is 16.0 Å². The third-order valence-corrected chi connectivity index (χ3v) is 3.30. The predicted octanol–water partition coefficient (Wildman–Crippen LogP) is 3.50. The van der Waals surface area contributed by atoms with E-state index in [1.165, 1.54) is 6.92 Å². The van der Waals surface area contributed by atoms with Crippen molar-refractivity contribution in [2.75, 3.05) is 22.5 Å². The SMILES string of the molecule is CCCCNc1ccc(C(=O)Nc2cccc(NC(C)=O)c2)cn1. The standard InChI is InChI=1S/C18H22N4O2/c1-3-4-10-19-17-9-8-14(12-20-17)18(24)22-16-7-5-6-15(11-16)21-13(2)23/h5-9,11-12H,3-4,10H2,1-2H3,(H,19,20)(H,21,23)(H,22,24). The second-order valence-corrected chi connectivity index (χ2v) is 5.43. The summed E-state index contributed by atoms with van der Waals surface area (Å²) in [6.45, 7) is 4.43. The number of carbonyl (C=O) groups is 2. The highest BCUT2D eigenvalue weighted by Crippen LogP contribution is 2.16. The molecule has 6 heteroatoms. The Labute approximate surface area is 141 Å². The number of rotatable bonds is 7. The molecule has 0 fully saturated rings. The lowest BCUT2D eigenvalue weighted by atomic mass is 10.2. The number of nitrogens with zero attached hydrogens (tertiary/aromatic N) is 1. The molecule has 126 valence electrons. The molecule has 2 aromatic rings. The minimum atomic E-state index is -0.248. The zero-order valence-electron chi connectivity index (χ0n) is 13.9. The van der Waals surface area contributed by atoms with Gasteiger partial charge in [0.05, 0.1) is 5.56 Å². The van der Waals surface area contributed by atoms with Gasteiger partial charge in [-0.25, -0.2) is 4.98 Å². The molecular formula is C18H22N4O2. The van der Waals surface area contributed by atoms with E-state index in [2.05, 4.69) is 27.9 Å². The number of aromatic nitrogens is 1. The van der Waals surface area contributed by atoms with Crippen LogP contribution in [0.5, 0.6) is 0 Å². The van der Waals surface area contributed by atoms with Gasteiger partial charge in [-0.05, 0) is 36.8 Å². The second kappa shape index (κ2) is 8.67. The van der Waals surface area contributed by atoms with Gasteiger partial charge in [0.2, 0.25) is 5.91 Å². The highest BCUT2D eigenvalue weighted by molar-refractivity contribution is 6.04. The first-order valence-corrected chi connectivity index (χ1v) is 7.97. The maximum atomic E-state index is 12.3. The van der Waals surface area contributed by atoms with E-state index in [4.69, 9.17) is 0 Å². The van der Waals surface area contributed by atoms with Gasteiger partial charge >= 0.3 is 0 Å². The molecule has 0 bridgehead atoms. The topological polar surface area (TPSA) is 83.1 Å². The smallest absolute Gasteiger partial charge is 0.257 e. The van der Waals surface area contributed by atoms with E-state index in [1.807, 2.05) is 0 Å². The summed E-state index contributed by atoms with van der Waals surface area (Å²) in [5.74, 6) is 0.351. The number of unbranched alkanes of at least 4 members (excludes halogenated alkanes) is 1. The van der Waals surface area contributed by atoms with Gasteiger partial charge in [-0.3, -0.25) is 9.59 Å². The Balaban J connectivity index is 1.98. The number of pyridine rings is 1. The molecule has 0 spiro atoms. The van der Waals surface area contributed by atoms with Crippen LogP contribution in [0.15, 0.2) is 42.6 Å². The normalized spacial score (nSPS) is 10.1. The van der Waals surface area contributed by atoms with Crippen molar-refractivity contribution in [3.8, 4) is 0 Å². The Morgan fingerprint density at radius 2 is 1.83 bits per heavy atom. The summed E-state index contributed by atoms with van der Waals surface area (Å²) in [6.07, 6.45) is 3.74. The van der Waals surface area contributed by atoms with Gasteiger partial charge in [-0.15, -0.1) is 0 Å². The Morgan fingerprint density at radius 3 is 2.46 bits per heavy atom. The van der Waals surface area contributed by atoms with Gasteiger partial charge in [0.1, 0.15) is 5.82 Å². The molecular weight excluding hydrogens is 304 g/mol. The Hall–Kier alpha value is -2.89. The first-order chi connectivity index (χ1) is 11.6. The Bertz CT molecular complexity index is 698. The predicted molar refractivity (Wildman–Crippen MR) is 96.3 cm³/mol. The fourth-order valence-corrected chi connectivity index (χ4v) is 2.11. The number of nitrogens with one attached hydrogen (secondary N) is 3. The van der Waals surface area contributed by atoms with E-state index in [-0.39, 0.29) is 11.8 Å². The zero-order chi connectivity index (χ0) is 17.4. The maximum Gasteiger partial charge on any atom is 0.257 e. The first kappa shape index (κ1) is 17.5. The highest BCUT2D eigenvalue weighted by Gasteiger charge is 2.07. The molecule has 0 aliphatic rings. The number of amides is 2. The van der Waals surface area contributed by atoms with Crippen LogP contribution in [0.3, 0.4) is 0 Å². The van der Waals surface area contributed by atoms with E-state index in [9.17, 15) is 9.59 Å². The van der Waals surface area contributed by atoms with E-state index in [0.29, 0.717) is 16.9 Å². The van der Waals surface area contributed by atoms with Crippen molar-refractivity contribution >= 4 is 29.0 Å². The summed E-state index contributed by atoms with van der Waals surface area (Å²) in [6, 6.07) is 10.5. The van der Waals surface area contributed by atoms with Crippen molar-refractivity contribution in [3.05, 3.63) is 48.2 Å². The lowest BCUT2D eigenvalue weighted by Gasteiger charge is -2.09. The number of hydrogen-bond donors (Lipinski definition) is 3. The monoisotopic (exact) mass is 326 g/mol. The molecule has 6 nitrogen and oxygen atoms in total. The minimum absolute atomic E-state index is 0.158. The van der Waals surface area contributed by atoms with Gasteiger partial charge in [0.25, 0.3) is 5.91 Å². The average molecular weight is 326 g/mol. The van der Waals surface area contributed by atoms with Crippen LogP contribution in [-0.2, 0) is 4.79 Å².